The first-order valence-electron chi connectivity index (χ1n) is 20.6. The number of esters is 2. The zero-order valence-electron chi connectivity index (χ0n) is 33.2. The zero-order valence-corrected chi connectivity index (χ0v) is 34.1. The lowest BCUT2D eigenvalue weighted by Crippen LogP contribution is -2.29. The molecule has 1 unspecified atom stereocenters. The fraction of sp³-hybridized carbons (Fsp3) is 0.762. The van der Waals surface area contributed by atoms with Crippen molar-refractivity contribution in [1.82, 2.24) is 0 Å². The zero-order chi connectivity index (χ0) is 39.1. The quantitative estimate of drug-likeness (QED) is 0.0240. The van der Waals surface area contributed by atoms with Gasteiger partial charge in [-0.25, -0.2) is 4.57 Å². The summed E-state index contributed by atoms with van der Waals surface area (Å²) in [6.07, 6.45) is 39.4. The van der Waals surface area contributed by atoms with Crippen LogP contribution in [-0.4, -0.2) is 65.7 Å². The second-order valence-electron chi connectivity index (χ2n) is 13.6. The third-order valence-electron chi connectivity index (χ3n) is 8.50. The average molecular weight is 771 g/mol. The van der Waals surface area contributed by atoms with E-state index in [0.29, 0.717) is 12.8 Å². The minimum atomic E-state index is -4.62. The average Bonchev–Trinajstić information content (AvgIpc) is 3.14. The second kappa shape index (κ2) is 38.2. The van der Waals surface area contributed by atoms with Gasteiger partial charge in [0, 0.05) is 12.8 Å². The highest BCUT2D eigenvalue weighted by molar-refractivity contribution is 7.47. The van der Waals surface area contributed by atoms with Gasteiger partial charge in [0.05, 0.1) is 19.8 Å². The van der Waals surface area contributed by atoms with Crippen LogP contribution in [0, 0.1) is 0 Å². The Labute approximate surface area is 322 Å². The topological polar surface area (TPSA) is 149 Å². The summed E-state index contributed by atoms with van der Waals surface area (Å²) in [6, 6.07) is 0. The van der Waals surface area contributed by atoms with Crippen molar-refractivity contribution < 1.29 is 47.8 Å². The van der Waals surface area contributed by atoms with E-state index in [1.807, 2.05) is 0 Å². The summed E-state index contributed by atoms with van der Waals surface area (Å²) in [4.78, 5) is 34.9. The monoisotopic (exact) mass is 771 g/mol. The standard InChI is InChI=1S/C42H75O10P/c1-3-5-7-9-11-13-15-17-19-21-23-25-27-29-31-33-41(45)49-37-40(38-51-53(47,48)50-36-39(44)35-43)52-42(46)34-32-30-28-26-24-22-20-18-16-14-12-10-8-6-4-2/h5,7,11,13,17,19,23,25,39-40,43-44H,3-4,6,8-10,12,14-16,18,20-22,24,26-38H2,1-2H3,(H,47,48)/b7-5+,13-11+,19-17+,25-23+/t39-,40+/m0/s1. The van der Waals surface area contributed by atoms with Crippen LogP contribution >= 0.6 is 7.82 Å². The molecule has 0 spiro atoms. The van der Waals surface area contributed by atoms with Gasteiger partial charge < -0.3 is 24.6 Å². The van der Waals surface area contributed by atoms with E-state index in [0.717, 1.165) is 57.8 Å². The maximum atomic E-state index is 12.6. The number of rotatable bonds is 38. The van der Waals surface area contributed by atoms with Gasteiger partial charge in [0.25, 0.3) is 0 Å². The Balaban J connectivity index is 4.39. The minimum absolute atomic E-state index is 0.177. The lowest BCUT2D eigenvalue weighted by Gasteiger charge is -2.20. The number of carbonyl (C=O) groups is 2. The van der Waals surface area contributed by atoms with E-state index in [4.69, 9.17) is 19.1 Å². The molecule has 0 aliphatic heterocycles. The first kappa shape index (κ1) is 50.9. The summed E-state index contributed by atoms with van der Waals surface area (Å²) < 4.78 is 32.6. The third kappa shape index (κ3) is 38.0. The summed E-state index contributed by atoms with van der Waals surface area (Å²) in [7, 11) is -4.62. The highest BCUT2D eigenvalue weighted by atomic mass is 31.2. The molecule has 11 heteroatoms. The highest BCUT2D eigenvalue weighted by Gasteiger charge is 2.27. The number of phosphoric acid groups is 1. The Bertz CT molecular complexity index is 1030. The van der Waals surface area contributed by atoms with Crippen molar-refractivity contribution in [2.45, 2.75) is 180 Å². The van der Waals surface area contributed by atoms with Crippen molar-refractivity contribution in [1.29, 1.82) is 0 Å². The first-order valence-corrected chi connectivity index (χ1v) is 22.1. The maximum absolute atomic E-state index is 12.6. The summed E-state index contributed by atoms with van der Waals surface area (Å²) in [5.74, 6) is -0.972. The number of hydrogen-bond donors (Lipinski definition) is 3. The molecule has 3 N–H and O–H groups in total. The Kier molecular flexibility index (Phi) is 36.7. The molecule has 10 nitrogen and oxygen atoms in total. The van der Waals surface area contributed by atoms with Crippen molar-refractivity contribution in [3.05, 3.63) is 48.6 Å². The molecule has 0 heterocycles. The Hall–Kier alpha value is -2.07. The molecule has 0 saturated heterocycles. The molecule has 0 bridgehead atoms. The Morgan fingerprint density at radius 3 is 1.57 bits per heavy atom. The van der Waals surface area contributed by atoms with E-state index < -0.39 is 51.8 Å². The van der Waals surface area contributed by atoms with Crippen LogP contribution in [-0.2, 0) is 32.7 Å². The molecule has 3 atom stereocenters. The molecule has 0 amide bonds. The first-order chi connectivity index (χ1) is 25.7. The molecule has 0 aromatic carbocycles. The van der Waals surface area contributed by atoms with Gasteiger partial charge in [-0.15, -0.1) is 0 Å². The van der Waals surface area contributed by atoms with Gasteiger partial charge in [0.2, 0.25) is 0 Å². The Morgan fingerprint density at radius 1 is 0.585 bits per heavy atom. The van der Waals surface area contributed by atoms with Gasteiger partial charge in [-0.3, -0.25) is 18.6 Å². The molecule has 0 radical (unpaired) electrons. The van der Waals surface area contributed by atoms with Crippen molar-refractivity contribution in [3.8, 4) is 0 Å². The normalized spacial score (nSPS) is 14.4. The molecule has 0 aliphatic rings. The van der Waals surface area contributed by atoms with Crippen molar-refractivity contribution in [2.75, 3.05) is 26.4 Å². The third-order valence-corrected chi connectivity index (χ3v) is 9.45. The van der Waals surface area contributed by atoms with E-state index in [9.17, 15) is 24.2 Å². The molecule has 0 aromatic rings. The summed E-state index contributed by atoms with van der Waals surface area (Å²) in [5.41, 5.74) is 0. The van der Waals surface area contributed by atoms with E-state index in [1.54, 1.807) is 0 Å². The molecule has 0 aliphatic carbocycles. The van der Waals surface area contributed by atoms with Crippen LogP contribution < -0.4 is 0 Å². The number of unbranched alkanes of at least 4 members (excludes halogenated alkanes) is 16. The van der Waals surface area contributed by atoms with Gasteiger partial charge in [0.15, 0.2) is 6.10 Å². The van der Waals surface area contributed by atoms with Crippen LogP contribution in [0.4, 0.5) is 0 Å². The van der Waals surface area contributed by atoms with Crippen LogP contribution in [0.3, 0.4) is 0 Å². The molecular formula is C42H75O10P. The summed E-state index contributed by atoms with van der Waals surface area (Å²) >= 11 is 0. The van der Waals surface area contributed by atoms with Gasteiger partial charge in [-0.2, -0.15) is 0 Å². The highest BCUT2D eigenvalue weighted by Crippen LogP contribution is 2.43. The fourth-order valence-corrected chi connectivity index (χ4v) is 6.13. The van der Waals surface area contributed by atoms with Gasteiger partial charge in [0.1, 0.15) is 12.7 Å². The van der Waals surface area contributed by atoms with Crippen molar-refractivity contribution >= 4 is 19.8 Å². The number of aliphatic hydroxyl groups excluding tert-OH is 2. The number of aliphatic hydroxyl groups is 2. The second-order valence-corrected chi connectivity index (χ2v) is 15.1. The van der Waals surface area contributed by atoms with Gasteiger partial charge in [-0.1, -0.05) is 152 Å². The van der Waals surface area contributed by atoms with Crippen LogP contribution in [0.5, 0.6) is 0 Å². The molecular weight excluding hydrogens is 695 g/mol. The molecule has 0 saturated carbocycles. The fourth-order valence-electron chi connectivity index (χ4n) is 5.34. The van der Waals surface area contributed by atoms with Gasteiger partial charge >= 0.3 is 19.8 Å². The number of ether oxygens (including phenoxy) is 2. The lowest BCUT2D eigenvalue weighted by molar-refractivity contribution is -0.161. The smallest absolute Gasteiger partial charge is 0.462 e. The largest absolute Gasteiger partial charge is 0.472 e. The predicted molar refractivity (Wildman–Crippen MR) is 214 cm³/mol. The molecule has 0 aromatic heterocycles. The minimum Gasteiger partial charge on any atom is -0.462 e. The van der Waals surface area contributed by atoms with Crippen molar-refractivity contribution in [2.24, 2.45) is 0 Å². The van der Waals surface area contributed by atoms with E-state index in [1.165, 1.54) is 70.6 Å². The number of hydrogen-bond acceptors (Lipinski definition) is 9. The number of allylic oxidation sites excluding steroid dienone is 8. The van der Waals surface area contributed by atoms with E-state index >= 15 is 0 Å². The lowest BCUT2D eigenvalue weighted by atomic mass is 10.0. The molecule has 308 valence electrons. The van der Waals surface area contributed by atoms with E-state index in [-0.39, 0.29) is 19.4 Å². The van der Waals surface area contributed by atoms with Crippen molar-refractivity contribution in [3.63, 3.8) is 0 Å². The summed E-state index contributed by atoms with van der Waals surface area (Å²) in [6.45, 7) is 2.21. The molecule has 0 fully saturated rings. The number of carbonyl (C=O) groups excluding carboxylic acids is 2. The van der Waals surface area contributed by atoms with Crippen LogP contribution in [0.25, 0.3) is 0 Å². The maximum Gasteiger partial charge on any atom is 0.472 e. The van der Waals surface area contributed by atoms with Crippen LogP contribution in [0.15, 0.2) is 48.6 Å². The molecule has 0 rings (SSSR count). The van der Waals surface area contributed by atoms with Crippen LogP contribution in [0.1, 0.15) is 168 Å². The Morgan fingerprint density at radius 2 is 1.04 bits per heavy atom. The summed E-state index contributed by atoms with van der Waals surface area (Å²) in [5, 5.41) is 18.3. The SMILES string of the molecule is CC/C=C/C/C=C/C/C=C/C/C=C/CCCCC(=O)OC[C@H](COP(=O)(O)OC[C@@H](O)CO)OC(=O)CCCCCCCCCCCCCCCCC. The number of phosphoric ester groups is 1. The van der Waals surface area contributed by atoms with E-state index in [2.05, 4.69) is 67.0 Å². The van der Waals surface area contributed by atoms with Gasteiger partial charge in [-0.05, 0) is 51.4 Å². The van der Waals surface area contributed by atoms with Crippen LogP contribution in [0.2, 0.25) is 0 Å². The molecule has 53 heavy (non-hydrogen) atoms. The predicted octanol–water partition coefficient (Wildman–Crippen LogP) is 10.6.